The van der Waals surface area contributed by atoms with Crippen molar-refractivity contribution >= 4 is 7.28 Å². The first-order valence-corrected chi connectivity index (χ1v) is 6.38. The van der Waals surface area contributed by atoms with Crippen LogP contribution in [0.4, 0.5) is 4.39 Å². The van der Waals surface area contributed by atoms with E-state index in [1.165, 1.54) is 23.3 Å². The Morgan fingerprint density at radius 1 is 0.944 bits per heavy atom. The molecule has 92 valence electrons. The van der Waals surface area contributed by atoms with Gasteiger partial charge in [-0.25, -0.2) is 4.39 Å². The quantitative estimate of drug-likeness (QED) is 0.715. The summed E-state index contributed by atoms with van der Waals surface area (Å²) >= 11 is 0. The Labute approximate surface area is 109 Å². The maximum atomic E-state index is 12.8. The largest absolute Gasteiger partial charge is 0.207 e. The second kappa shape index (κ2) is 5.39. The first-order valence-electron chi connectivity index (χ1n) is 6.38. The molecule has 2 heteroatoms. The Balaban J connectivity index is 2.03. The van der Waals surface area contributed by atoms with E-state index in [1.54, 1.807) is 0 Å². The molecule has 0 amide bonds. The average Bonchev–Trinajstić information content (AvgIpc) is 2.39. The maximum Gasteiger partial charge on any atom is 0.137 e. The molecule has 18 heavy (non-hydrogen) atoms. The van der Waals surface area contributed by atoms with Gasteiger partial charge < -0.3 is 0 Å². The Morgan fingerprint density at radius 3 is 2.17 bits per heavy atom. The van der Waals surface area contributed by atoms with E-state index in [0.717, 1.165) is 13.6 Å². The summed E-state index contributed by atoms with van der Waals surface area (Å²) in [6.07, 6.45) is 0.974. The highest BCUT2D eigenvalue weighted by Crippen LogP contribution is 2.22. The first kappa shape index (κ1) is 12.9. The van der Waals surface area contributed by atoms with Gasteiger partial charge in [0.2, 0.25) is 0 Å². The molecule has 0 nitrogen and oxygen atoms in total. The van der Waals surface area contributed by atoms with Gasteiger partial charge in [-0.3, -0.25) is 0 Å². The van der Waals surface area contributed by atoms with Crippen molar-refractivity contribution in [2.24, 2.45) is 0 Å². The summed E-state index contributed by atoms with van der Waals surface area (Å²) in [5.74, 6) is -0.166. The van der Waals surface area contributed by atoms with Crippen LogP contribution in [-0.4, -0.2) is 7.28 Å². The molecular formula is C16H18BF. The molecule has 0 radical (unpaired) electrons. The number of rotatable bonds is 4. The van der Waals surface area contributed by atoms with E-state index in [0.29, 0.717) is 0 Å². The van der Waals surface area contributed by atoms with Crippen molar-refractivity contribution in [2.75, 3.05) is 0 Å². The molecule has 0 unspecified atom stereocenters. The monoisotopic (exact) mass is 240 g/mol. The second-order valence-electron chi connectivity index (χ2n) is 5.38. The molecule has 2 aromatic rings. The lowest BCUT2D eigenvalue weighted by Crippen LogP contribution is -2.27. The fraction of sp³-hybridized carbons (Fsp3) is 0.250. The van der Waals surface area contributed by atoms with Crippen LogP contribution in [0.5, 0.6) is 0 Å². The summed E-state index contributed by atoms with van der Waals surface area (Å²) in [5, 5.41) is 0.148. The molecule has 0 saturated heterocycles. The van der Waals surface area contributed by atoms with Gasteiger partial charge in [0.15, 0.2) is 0 Å². The summed E-state index contributed by atoms with van der Waals surface area (Å²) < 4.78 is 12.8. The van der Waals surface area contributed by atoms with Crippen LogP contribution < -0.4 is 0 Å². The molecule has 0 aliphatic heterocycles. The van der Waals surface area contributed by atoms with Crippen molar-refractivity contribution in [3.63, 3.8) is 0 Å². The lowest BCUT2D eigenvalue weighted by atomic mass is 9.49. The molecule has 0 aliphatic carbocycles. The highest BCUT2D eigenvalue weighted by atomic mass is 19.1. The Kier molecular flexibility index (Phi) is 3.85. The lowest BCUT2D eigenvalue weighted by molar-refractivity contribution is 0.627. The molecule has 0 heterocycles. The van der Waals surface area contributed by atoms with Gasteiger partial charge in [0, 0.05) is 0 Å². The van der Waals surface area contributed by atoms with Crippen LogP contribution in [0, 0.1) is 5.82 Å². The maximum absolute atomic E-state index is 12.8. The van der Waals surface area contributed by atoms with Gasteiger partial charge in [0.1, 0.15) is 13.1 Å². The zero-order valence-electron chi connectivity index (χ0n) is 11.0. The molecule has 0 aromatic heterocycles. The van der Waals surface area contributed by atoms with E-state index in [9.17, 15) is 4.39 Å². The molecule has 0 spiro atoms. The highest BCUT2D eigenvalue weighted by molar-refractivity contribution is 6.39. The van der Waals surface area contributed by atoms with Crippen LogP contribution >= 0.6 is 0 Å². The number of hydrogen-bond donors (Lipinski definition) is 0. The number of halogens is 1. The van der Waals surface area contributed by atoms with Crippen LogP contribution in [-0.2, 0) is 11.6 Å². The Morgan fingerprint density at radius 2 is 1.56 bits per heavy atom. The molecule has 2 rings (SSSR count). The summed E-state index contributed by atoms with van der Waals surface area (Å²) in [6.45, 7) is 4.51. The average molecular weight is 240 g/mol. The van der Waals surface area contributed by atoms with Crippen molar-refractivity contribution in [1.82, 2.24) is 0 Å². The summed E-state index contributed by atoms with van der Waals surface area (Å²) in [6, 6.07) is 17.3. The van der Waals surface area contributed by atoms with Gasteiger partial charge in [0.25, 0.3) is 0 Å². The molecule has 0 aliphatic rings. The second-order valence-corrected chi connectivity index (χ2v) is 5.38. The van der Waals surface area contributed by atoms with E-state index in [-0.39, 0.29) is 11.1 Å². The van der Waals surface area contributed by atoms with Gasteiger partial charge in [-0.05, 0) is 23.0 Å². The summed E-state index contributed by atoms with van der Waals surface area (Å²) in [5.41, 5.74) is 2.55. The highest BCUT2D eigenvalue weighted by Gasteiger charge is 2.21. The molecule has 0 atom stereocenters. The van der Waals surface area contributed by atoms with E-state index in [4.69, 9.17) is 0 Å². The van der Waals surface area contributed by atoms with E-state index in [2.05, 4.69) is 38.1 Å². The zero-order chi connectivity index (χ0) is 13.0. The van der Waals surface area contributed by atoms with E-state index < -0.39 is 0 Å². The summed E-state index contributed by atoms with van der Waals surface area (Å²) in [7, 11) is 1.06. The van der Waals surface area contributed by atoms with Crippen LogP contribution in [0.25, 0.3) is 0 Å². The van der Waals surface area contributed by atoms with Gasteiger partial charge in [-0.1, -0.05) is 68.2 Å². The predicted molar refractivity (Wildman–Crippen MR) is 76.7 cm³/mol. The topological polar surface area (TPSA) is 0 Å². The first-order chi connectivity index (χ1) is 8.58. The molecular weight excluding hydrogens is 222 g/mol. The van der Waals surface area contributed by atoms with Crippen molar-refractivity contribution in [3.05, 3.63) is 71.5 Å². The minimum Gasteiger partial charge on any atom is -0.207 e. The fourth-order valence-corrected chi connectivity index (χ4v) is 2.14. The molecule has 0 bridgehead atoms. The van der Waals surface area contributed by atoms with Crippen LogP contribution in [0.15, 0.2) is 54.6 Å². The zero-order valence-corrected chi connectivity index (χ0v) is 11.0. The predicted octanol–water partition coefficient (Wildman–Crippen LogP) is 3.70. The normalized spacial score (nSPS) is 11.3. The Bertz CT molecular complexity index is 488. The third-order valence-corrected chi connectivity index (χ3v) is 3.51. The minimum absolute atomic E-state index is 0.148. The molecule has 0 N–H and O–H groups in total. The van der Waals surface area contributed by atoms with Gasteiger partial charge >= 0.3 is 0 Å². The third kappa shape index (κ3) is 3.22. The number of benzene rings is 2. The molecule has 2 aromatic carbocycles. The minimum atomic E-state index is -0.166. The van der Waals surface area contributed by atoms with Crippen LogP contribution in [0.3, 0.4) is 0 Å². The standard InChI is InChI=1S/C16H18BF/c1-16(2,14-6-4-3-5-7-14)17-12-13-8-10-15(18)11-9-13/h3-11,17H,12H2,1-2H3. The SMILES string of the molecule is CC(C)(BCc1ccc(F)cc1)c1ccccc1. The smallest absolute Gasteiger partial charge is 0.137 e. The summed E-state index contributed by atoms with van der Waals surface area (Å²) in [4.78, 5) is 0. The van der Waals surface area contributed by atoms with Crippen molar-refractivity contribution in [1.29, 1.82) is 0 Å². The Hall–Kier alpha value is -1.57. The van der Waals surface area contributed by atoms with Gasteiger partial charge in [0.05, 0.1) is 0 Å². The van der Waals surface area contributed by atoms with Gasteiger partial charge in [-0.2, -0.15) is 0 Å². The lowest BCUT2D eigenvalue weighted by Gasteiger charge is -2.24. The third-order valence-electron chi connectivity index (χ3n) is 3.51. The van der Waals surface area contributed by atoms with Crippen molar-refractivity contribution in [2.45, 2.75) is 25.5 Å². The molecule has 0 saturated carbocycles. The van der Waals surface area contributed by atoms with Crippen molar-refractivity contribution in [3.8, 4) is 0 Å². The van der Waals surface area contributed by atoms with E-state index >= 15 is 0 Å². The van der Waals surface area contributed by atoms with E-state index in [1.807, 2.05) is 18.2 Å². The fourth-order valence-electron chi connectivity index (χ4n) is 2.14. The van der Waals surface area contributed by atoms with Crippen LogP contribution in [0.1, 0.15) is 25.0 Å². The van der Waals surface area contributed by atoms with Gasteiger partial charge in [-0.15, -0.1) is 0 Å². The molecule has 0 fully saturated rings. The number of hydrogen-bond acceptors (Lipinski definition) is 0. The van der Waals surface area contributed by atoms with Crippen LogP contribution in [0.2, 0.25) is 0 Å². The van der Waals surface area contributed by atoms with Crippen molar-refractivity contribution < 1.29 is 4.39 Å².